The van der Waals surface area contributed by atoms with Crippen molar-refractivity contribution in [3.05, 3.63) is 34.9 Å². The van der Waals surface area contributed by atoms with Crippen LogP contribution in [-0.4, -0.2) is 11.9 Å². The quantitative estimate of drug-likeness (QED) is 0.674. The van der Waals surface area contributed by atoms with E-state index in [0.717, 1.165) is 32.1 Å². The van der Waals surface area contributed by atoms with Gasteiger partial charge in [-0.05, 0) is 17.9 Å². The van der Waals surface area contributed by atoms with Crippen LogP contribution >= 0.6 is 0 Å². The molecule has 0 spiro atoms. The molecule has 0 amide bonds. The molecule has 0 aliphatic rings. The lowest BCUT2D eigenvalue weighted by atomic mass is 9.88. The predicted octanol–water partition coefficient (Wildman–Crippen LogP) is 1.49. The zero-order valence-electron chi connectivity index (χ0n) is 12.0. The second-order valence-corrected chi connectivity index (χ2v) is 5.10. The molecule has 110 valence electrons. The Bertz CT molecular complexity index is 479. The van der Waals surface area contributed by atoms with Crippen LogP contribution in [0.4, 0.5) is 0 Å². The second-order valence-electron chi connectivity index (χ2n) is 5.10. The molecule has 1 aromatic carbocycles. The van der Waals surface area contributed by atoms with E-state index >= 15 is 0 Å². The van der Waals surface area contributed by atoms with Crippen LogP contribution in [0.25, 0.3) is 0 Å². The summed E-state index contributed by atoms with van der Waals surface area (Å²) in [5.41, 5.74) is -0.0263. The highest BCUT2D eigenvalue weighted by molar-refractivity contribution is 6.01. The van der Waals surface area contributed by atoms with Crippen LogP contribution in [0.3, 0.4) is 0 Å². The molecule has 4 nitrogen and oxygen atoms in total. The smallest absolute Gasteiger partial charge is 0.0724 e. The number of carbonyl (C=O) groups is 2. The summed E-state index contributed by atoms with van der Waals surface area (Å²) in [4.78, 5) is 22.2. The summed E-state index contributed by atoms with van der Waals surface area (Å²) in [7, 11) is 0. The van der Waals surface area contributed by atoms with Crippen molar-refractivity contribution < 1.29 is 19.8 Å². The van der Waals surface area contributed by atoms with Crippen molar-refractivity contribution in [3.63, 3.8) is 0 Å². The van der Waals surface area contributed by atoms with Crippen LogP contribution in [-0.2, 0) is 0 Å². The predicted molar refractivity (Wildman–Crippen MR) is 72.3 cm³/mol. The molecule has 0 saturated heterocycles. The van der Waals surface area contributed by atoms with Gasteiger partial charge in [-0.1, -0.05) is 57.7 Å². The summed E-state index contributed by atoms with van der Waals surface area (Å²) in [5.74, 6) is -2.96. The Morgan fingerprint density at radius 3 is 2.35 bits per heavy atom. The lowest BCUT2D eigenvalue weighted by molar-refractivity contribution is -0.259. The normalized spacial score (nSPS) is 12.1. The number of hydrogen-bond donors (Lipinski definition) is 0. The van der Waals surface area contributed by atoms with Crippen LogP contribution in [0.5, 0.6) is 0 Å². The Labute approximate surface area is 119 Å². The molecule has 20 heavy (non-hydrogen) atoms. The van der Waals surface area contributed by atoms with Gasteiger partial charge >= 0.3 is 0 Å². The molecule has 0 bridgehead atoms. The number of benzene rings is 1. The van der Waals surface area contributed by atoms with E-state index in [2.05, 4.69) is 6.92 Å². The molecule has 1 rings (SSSR count). The molecule has 0 fully saturated rings. The van der Waals surface area contributed by atoms with E-state index in [4.69, 9.17) is 0 Å². The summed E-state index contributed by atoms with van der Waals surface area (Å²) in [5, 5.41) is 22.2. The molecule has 0 saturated carbocycles. The van der Waals surface area contributed by atoms with E-state index in [1.54, 1.807) is 12.1 Å². The summed E-state index contributed by atoms with van der Waals surface area (Å²) in [6, 6.07) is 4.45. The minimum atomic E-state index is -1.48. The van der Waals surface area contributed by atoms with Crippen molar-refractivity contribution in [2.45, 2.75) is 51.9 Å². The molecule has 1 aromatic rings. The van der Waals surface area contributed by atoms with E-state index in [1.165, 1.54) is 6.07 Å². The highest BCUT2D eigenvalue weighted by atomic mass is 16.4. The van der Waals surface area contributed by atoms with E-state index < -0.39 is 11.9 Å². The second kappa shape index (κ2) is 7.68. The molecule has 1 unspecified atom stereocenters. The molecule has 4 heteroatoms. The van der Waals surface area contributed by atoms with Gasteiger partial charge in [-0.25, -0.2) is 0 Å². The topological polar surface area (TPSA) is 80.3 Å². The Morgan fingerprint density at radius 1 is 1.10 bits per heavy atom. The highest BCUT2D eigenvalue weighted by Gasteiger charge is 2.15. The Hall–Kier alpha value is -1.84. The number of carboxylic acids is 2. The van der Waals surface area contributed by atoms with Gasteiger partial charge in [-0.3, -0.25) is 0 Å². The third-order valence-corrected chi connectivity index (χ3v) is 3.54. The number of rotatable bonds is 8. The molecular weight excluding hydrogens is 256 g/mol. The maximum atomic E-state index is 11.2. The van der Waals surface area contributed by atoms with Gasteiger partial charge in [0.05, 0.1) is 11.9 Å². The zero-order valence-corrected chi connectivity index (χ0v) is 12.0. The van der Waals surface area contributed by atoms with Gasteiger partial charge in [0, 0.05) is 11.1 Å². The number of aromatic carboxylic acids is 2. The summed E-state index contributed by atoms with van der Waals surface area (Å²) in [6.07, 6.45) is 5.22. The fourth-order valence-electron chi connectivity index (χ4n) is 2.41. The fourth-order valence-corrected chi connectivity index (χ4v) is 2.41. The Morgan fingerprint density at radius 2 is 1.80 bits per heavy atom. The summed E-state index contributed by atoms with van der Waals surface area (Å²) >= 11 is 0. The zero-order chi connectivity index (χ0) is 15.1. The molecule has 0 heterocycles. The number of hydrogen-bond acceptors (Lipinski definition) is 4. The standard InChI is InChI=1S/C16H22O4/c1-3-4-5-6-8-11(2)12-9-7-10-13(15(17)18)14(12)16(19)20/h7,9-11H,3-6,8H2,1-2H3,(H,17,18)(H,19,20)/p-2. The fraction of sp³-hybridized carbons (Fsp3) is 0.500. The van der Waals surface area contributed by atoms with Gasteiger partial charge in [-0.2, -0.15) is 0 Å². The summed E-state index contributed by atoms with van der Waals surface area (Å²) < 4.78 is 0. The minimum absolute atomic E-state index is 0.0148. The Balaban J connectivity index is 2.96. The van der Waals surface area contributed by atoms with Crippen molar-refractivity contribution in [3.8, 4) is 0 Å². The minimum Gasteiger partial charge on any atom is -0.545 e. The number of carboxylic acid groups (broad SMARTS) is 2. The first kappa shape index (κ1) is 16.2. The van der Waals surface area contributed by atoms with Crippen LogP contribution in [0.2, 0.25) is 0 Å². The van der Waals surface area contributed by atoms with Crippen LogP contribution in [0, 0.1) is 0 Å². The first-order valence-electron chi connectivity index (χ1n) is 7.04. The van der Waals surface area contributed by atoms with E-state index in [-0.39, 0.29) is 17.0 Å². The van der Waals surface area contributed by atoms with Gasteiger partial charge in [0.25, 0.3) is 0 Å². The maximum absolute atomic E-state index is 11.2. The van der Waals surface area contributed by atoms with Crippen LogP contribution in [0.1, 0.15) is 78.1 Å². The van der Waals surface area contributed by atoms with E-state index in [0.29, 0.717) is 5.56 Å². The molecule has 0 aliphatic carbocycles. The third kappa shape index (κ3) is 4.08. The number of carbonyl (C=O) groups excluding carboxylic acids is 2. The van der Waals surface area contributed by atoms with Crippen molar-refractivity contribution in [1.82, 2.24) is 0 Å². The van der Waals surface area contributed by atoms with Crippen molar-refractivity contribution in [1.29, 1.82) is 0 Å². The molecule has 0 radical (unpaired) electrons. The largest absolute Gasteiger partial charge is 0.545 e. The average molecular weight is 276 g/mol. The van der Waals surface area contributed by atoms with E-state index in [1.807, 2.05) is 6.92 Å². The maximum Gasteiger partial charge on any atom is 0.0724 e. The van der Waals surface area contributed by atoms with Gasteiger partial charge in [0.1, 0.15) is 0 Å². The lowest BCUT2D eigenvalue weighted by Gasteiger charge is -2.20. The van der Waals surface area contributed by atoms with E-state index in [9.17, 15) is 19.8 Å². The van der Waals surface area contributed by atoms with Crippen molar-refractivity contribution in [2.24, 2.45) is 0 Å². The SMILES string of the molecule is CCCCCCC(C)c1cccc(C(=O)[O-])c1C(=O)[O-]. The average Bonchev–Trinajstić information content (AvgIpc) is 2.42. The van der Waals surface area contributed by atoms with Gasteiger partial charge in [0.15, 0.2) is 0 Å². The van der Waals surface area contributed by atoms with Gasteiger partial charge in [0.2, 0.25) is 0 Å². The van der Waals surface area contributed by atoms with Crippen LogP contribution < -0.4 is 10.2 Å². The van der Waals surface area contributed by atoms with Gasteiger partial charge < -0.3 is 19.8 Å². The monoisotopic (exact) mass is 276 g/mol. The molecule has 0 aliphatic heterocycles. The molecule has 0 N–H and O–H groups in total. The van der Waals surface area contributed by atoms with Gasteiger partial charge in [-0.15, -0.1) is 0 Å². The highest BCUT2D eigenvalue weighted by Crippen LogP contribution is 2.27. The summed E-state index contributed by atoms with van der Waals surface area (Å²) in [6.45, 7) is 4.04. The van der Waals surface area contributed by atoms with Crippen LogP contribution in [0.15, 0.2) is 18.2 Å². The number of unbranched alkanes of at least 4 members (excludes halogenated alkanes) is 3. The molecular formula is C16H20O4-2. The van der Waals surface area contributed by atoms with Crippen molar-refractivity contribution >= 4 is 11.9 Å². The molecule has 1 atom stereocenters. The molecule has 0 aromatic heterocycles. The first-order valence-corrected chi connectivity index (χ1v) is 7.04. The first-order chi connectivity index (χ1) is 9.49. The van der Waals surface area contributed by atoms with Crippen molar-refractivity contribution in [2.75, 3.05) is 0 Å². The lowest BCUT2D eigenvalue weighted by Crippen LogP contribution is -2.31. The third-order valence-electron chi connectivity index (χ3n) is 3.54. The Kier molecular flexibility index (Phi) is 6.22.